The molecule has 0 spiro atoms. The molecule has 0 N–H and O–H groups in total. The van der Waals surface area contributed by atoms with E-state index in [1.807, 2.05) is 6.21 Å². The van der Waals surface area contributed by atoms with E-state index in [0.29, 0.717) is 12.2 Å². The predicted molar refractivity (Wildman–Crippen MR) is 53.2 cm³/mol. The van der Waals surface area contributed by atoms with Crippen LogP contribution in [0.5, 0.6) is 0 Å². The van der Waals surface area contributed by atoms with Gasteiger partial charge < -0.3 is 0 Å². The number of aliphatic imine (C=N–C) groups is 1. The molecule has 0 aromatic heterocycles. The summed E-state index contributed by atoms with van der Waals surface area (Å²) in [4.78, 5) is 4.46. The Morgan fingerprint density at radius 3 is 2.25 bits per heavy atom. The van der Waals surface area contributed by atoms with Gasteiger partial charge in [0.15, 0.2) is 6.21 Å². The molecule has 0 aliphatic carbocycles. The van der Waals surface area contributed by atoms with Gasteiger partial charge in [0.2, 0.25) is 0 Å². The maximum absolute atomic E-state index is 4.46. The summed E-state index contributed by atoms with van der Waals surface area (Å²) >= 11 is 0. The smallest absolute Gasteiger partial charge is 0.219 e. The van der Waals surface area contributed by atoms with Gasteiger partial charge in [-0.2, -0.15) is 0 Å². The molecule has 1 atom stereocenters. The highest BCUT2D eigenvalue weighted by molar-refractivity contribution is 6.14. The first-order valence-electron chi connectivity index (χ1n) is 4.57. The summed E-state index contributed by atoms with van der Waals surface area (Å²) in [5.74, 6) is 0. The Morgan fingerprint density at radius 2 is 1.92 bits per heavy atom. The molecule has 2 nitrogen and oxygen atoms in total. The quantitative estimate of drug-likeness (QED) is 0.530. The van der Waals surface area contributed by atoms with Gasteiger partial charge in [0.25, 0.3) is 6.17 Å². The standard InChI is InChI=1S/C10H19N2/c1-8(2)12-7-6-11-9(12)10(3,4)5/h6-9H,1-5H3/q+1. The molecule has 12 heavy (non-hydrogen) atoms. The van der Waals surface area contributed by atoms with Gasteiger partial charge in [0.1, 0.15) is 6.04 Å². The molecular weight excluding hydrogens is 148 g/mol. The molecule has 0 bridgehead atoms. The zero-order valence-corrected chi connectivity index (χ0v) is 8.70. The van der Waals surface area contributed by atoms with Gasteiger partial charge in [0.05, 0.1) is 6.21 Å². The van der Waals surface area contributed by atoms with Crippen molar-refractivity contribution in [3.63, 3.8) is 0 Å². The Labute approximate surface area is 75.0 Å². The first-order chi connectivity index (χ1) is 5.43. The molecule has 68 valence electrons. The molecule has 0 radical (unpaired) electrons. The van der Waals surface area contributed by atoms with Gasteiger partial charge >= 0.3 is 0 Å². The molecule has 1 rings (SSSR count). The Kier molecular flexibility index (Phi) is 2.36. The van der Waals surface area contributed by atoms with E-state index in [1.54, 1.807) is 0 Å². The van der Waals surface area contributed by atoms with E-state index in [0.717, 1.165) is 0 Å². The van der Waals surface area contributed by atoms with Crippen LogP contribution >= 0.6 is 0 Å². The molecule has 1 aliphatic heterocycles. The second-order valence-corrected chi connectivity index (χ2v) is 4.73. The van der Waals surface area contributed by atoms with Gasteiger partial charge in [-0.1, -0.05) is 20.8 Å². The lowest BCUT2D eigenvalue weighted by Gasteiger charge is -2.23. The van der Waals surface area contributed by atoms with Crippen LogP contribution in [0.15, 0.2) is 4.99 Å². The van der Waals surface area contributed by atoms with E-state index in [-0.39, 0.29) is 5.41 Å². The molecule has 1 heterocycles. The number of hydrogen-bond donors (Lipinski definition) is 0. The van der Waals surface area contributed by atoms with Crippen LogP contribution < -0.4 is 0 Å². The lowest BCUT2D eigenvalue weighted by atomic mass is 9.92. The van der Waals surface area contributed by atoms with Crippen molar-refractivity contribution >= 4 is 12.4 Å². The Hall–Kier alpha value is -0.660. The van der Waals surface area contributed by atoms with Crippen molar-refractivity contribution in [1.29, 1.82) is 0 Å². The average Bonchev–Trinajstić information content (AvgIpc) is 2.30. The monoisotopic (exact) mass is 167 g/mol. The fraction of sp³-hybridized carbons (Fsp3) is 0.800. The third-order valence-corrected chi connectivity index (χ3v) is 2.12. The Bertz CT molecular complexity index is 218. The summed E-state index contributed by atoms with van der Waals surface area (Å²) in [5, 5.41) is 0. The fourth-order valence-corrected chi connectivity index (χ4v) is 1.48. The average molecular weight is 167 g/mol. The lowest BCUT2D eigenvalue weighted by Crippen LogP contribution is -2.37. The molecular formula is C10H19N2+. The highest BCUT2D eigenvalue weighted by Gasteiger charge is 2.36. The number of hydrogen-bond acceptors (Lipinski definition) is 1. The maximum atomic E-state index is 4.46. The molecule has 0 saturated heterocycles. The number of rotatable bonds is 1. The van der Waals surface area contributed by atoms with Crippen LogP contribution in [0.3, 0.4) is 0 Å². The minimum absolute atomic E-state index is 0.230. The van der Waals surface area contributed by atoms with E-state index in [2.05, 4.69) is 50.4 Å². The zero-order chi connectivity index (χ0) is 9.35. The van der Waals surface area contributed by atoms with Crippen LogP contribution in [0.1, 0.15) is 34.6 Å². The molecule has 0 saturated carbocycles. The summed E-state index contributed by atoms with van der Waals surface area (Å²) in [7, 11) is 0. The van der Waals surface area contributed by atoms with Crippen molar-refractivity contribution in [3.05, 3.63) is 0 Å². The highest BCUT2D eigenvalue weighted by atomic mass is 15.2. The van der Waals surface area contributed by atoms with Crippen LogP contribution in [0.25, 0.3) is 0 Å². The third-order valence-electron chi connectivity index (χ3n) is 2.12. The molecule has 1 aliphatic rings. The van der Waals surface area contributed by atoms with Gasteiger partial charge in [0, 0.05) is 5.41 Å². The van der Waals surface area contributed by atoms with Crippen LogP contribution in [-0.4, -0.2) is 29.2 Å². The lowest BCUT2D eigenvalue weighted by molar-refractivity contribution is -0.598. The van der Waals surface area contributed by atoms with Crippen molar-refractivity contribution in [1.82, 2.24) is 0 Å². The molecule has 0 aromatic rings. The van der Waals surface area contributed by atoms with Crippen LogP contribution in [0, 0.1) is 5.41 Å². The molecule has 0 fully saturated rings. The second-order valence-electron chi connectivity index (χ2n) is 4.73. The Balaban J connectivity index is 2.81. The van der Waals surface area contributed by atoms with E-state index in [4.69, 9.17) is 0 Å². The number of nitrogens with zero attached hydrogens (tertiary/aromatic N) is 2. The second kappa shape index (κ2) is 3.00. The van der Waals surface area contributed by atoms with Crippen molar-refractivity contribution in [2.24, 2.45) is 10.4 Å². The summed E-state index contributed by atoms with van der Waals surface area (Å²) < 4.78 is 2.31. The molecule has 1 unspecified atom stereocenters. The highest BCUT2D eigenvalue weighted by Crippen LogP contribution is 2.25. The molecule has 0 aromatic carbocycles. The Morgan fingerprint density at radius 1 is 1.33 bits per heavy atom. The van der Waals surface area contributed by atoms with E-state index >= 15 is 0 Å². The SMILES string of the molecule is CC(C)[N+]1=CC=NC1C(C)(C)C. The summed E-state index contributed by atoms with van der Waals surface area (Å²) in [6, 6.07) is 0.539. The fourth-order valence-electron chi connectivity index (χ4n) is 1.48. The van der Waals surface area contributed by atoms with Crippen molar-refractivity contribution < 1.29 is 4.58 Å². The largest absolute Gasteiger partial charge is 0.250 e. The van der Waals surface area contributed by atoms with Gasteiger partial charge in [-0.25, -0.2) is 9.57 Å². The third kappa shape index (κ3) is 1.74. The van der Waals surface area contributed by atoms with Crippen molar-refractivity contribution in [3.8, 4) is 0 Å². The summed E-state index contributed by atoms with van der Waals surface area (Å²) in [6.07, 6.45) is 4.31. The van der Waals surface area contributed by atoms with Crippen molar-refractivity contribution in [2.45, 2.75) is 46.8 Å². The summed E-state index contributed by atoms with van der Waals surface area (Å²) in [5.41, 5.74) is 0.230. The maximum Gasteiger partial charge on any atom is 0.250 e. The van der Waals surface area contributed by atoms with Gasteiger partial charge in [-0.3, -0.25) is 0 Å². The minimum Gasteiger partial charge on any atom is -0.219 e. The normalized spacial score (nSPS) is 23.5. The minimum atomic E-state index is 0.230. The van der Waals surface area contributed by atoms with E-state index in [1.165, 1.54) is 0 Å². The van der Waals surface area contributed by atoms with Crippen LogP contribution in [0.2, 0.25) is 0 Å². The first kappa shape index (κ1) is 9.43. The predicted octanol–water partition coefficient (Wildman–Crippen LogP) is 1.93. The van der Waals surface area contributed by atoms with Gasteiger partial charge in [-0.15, -0.1) is 0 Å². The van der Waals surface area contributed by atoms with E-state index < -0.39 is 0 Å². The first-order valence-corrected chi connectivity index (χ1v) is 4.57. The zero-order valence-electron chi connectivity index (χ0n) is 8.70. The van der Waals surface area contributed by atoms with Crippen LogP contribution in [0.4, 0.5) is 0 Å². The molecule has 0 amide bonds. The van der Waals surface area contributed by atoms with Gasteiger partial charge in [-0.05, 0) is 13.8 Å². The topological polar surface area (TPSA) is 15.4 Å². The van der Waals surface area contributed by atoms with Crippen molar-refractivity contribution in [2.75, 3.05) is 0 Å². The van der Waals surface area contributed by atoms with E-state index in [9.17, 15) is 0 Å². The summed E-state index contributed by atoms with van der Waals surface area (Å²) in [6.45, 7) is 11.1. The molecule has 2 heteroatoms. The van der Waals surface area contributed by atoms with Crippen LogP contribution in [-0.2, 0) is 0 Å².